The second-order valence-corrected chi connectivity index (χ2v) is 4.72. The third-order valence-corrected chi connectivity index (χ3v) is 3.10. The van der Waals surface area contributed by atoms with Crippen LogP contribution in [0.2, 0.25) is 0 Å². The quantitative estimate of drug-likeness (QED) is 0.368. The van der Waals surface area contributed by atoms with E-state index in [1.807, 2.05) is 36.4 Å². The van der Waals surface area contributed by atoms with E-state index in [1.54, 1.807) is 31.2 Å². The van der Waals surface area contributed by atoms with Gasteiger partial charge in [-0.15, -0.1) is 0 Å². The molecule has 0 radical (unpaired) electrons. The van der Waals surface area contributed by atoms with E-state index < -0.39 is 0 Å². The van der Waals surface area contributed by atoms with E-state index in [0.717, 1.165) is 5.69 Å². The largest absolute Gasteiger partial charge is 0.482 e. The summed E-state index contributed by atoms with van der Waals surface area (Å²) in [4.78, 5) is 12.7. The van der Waals surface area contributed by atoms with E-state index in [-0.39, 0.29) is 23.0 Å². The number of carbonyl (C=O) groups excluding carboxylic acids is 1. The number of hydrogen-bond donors (Lipinski definition) is 2. The van der Waals surface area contributed by atoms with Crippen LogP contribution in [0.25, 0.3) is 0 Å². The fourth-order valence-electron chi connectivity index (χ4n) is 2.05. The summed E-state index contributed by atoms with van der Waals surface area (Å²) in [5, 5.41) is 11.0. The first-order valence-corrected chi connectivity index (χ1v) is 6.89. The molecule has 0 saturated carbocycles. The molecular weight excluding hydrogens is 276 g/mol. The number of Topliss-reactive ketones (excluding diaryl/α,β-unsaturated/α-hetero) is 1. The fourth-order valence-corrected chi connectivity index (χ4v) is 2.05. The van der Waals surface area contributed by atoms with Crippen LogP contribution in [0, 0.1) is 5.41 Å². The van der Waals surface area contributed by atoms with Crippen LogP contribution >= 0.6 is 0 Å². The van der Waals surface area contributed by atoms with Gasteiger partial charge in [-0.2, -0.15) is 0 Å². The molecule has 0 aliphatic rings. The maximum absolute atomic E-state index is 12.7. The molecule has 0 amide bonds. The minimum absolute atomic E-state index is 0.147. The van der Waals surface area contributed by atoms with Crippen molar-refractivity contribution < 1.29 is 9.53 Å². The van der Waals surface area contributed by atoms with E-state index in [1.165, 1.54) is 7.11 Å². The fraction of sp³-hybridized carbons (Fsp3) is 0.111. The lowest BCUT2D eigenvalue weighted by atomic mass is 10.0. The highest BCUT2D eigenvalue weighted by Gasteiger charge is 2.20. The number of para-hydroxylation sites is 1. The number of benzene rings is 2. The predicted molar refractivity (Wildman–Crippen MR) is 88.3 cm³/mol. The molecule has 0 bridgehead atoms. The number of carbonyl (C=O) groups is 1. The van der Waals surface area contributed by atoms with Crippen molar-refractivity contribution in [2.24, 2.45) is 0 Å². The van der Waals surface area contributed by atoms with Crippen LogP contribution in [-0.2, 0) is 4.74 Å². The van der Waals surface area contributed by atoms with Crippen LogP contribution in [0.15, 0.2) is 72.1 Å². The first-order chi connectivity index (χ1) is 10.6. The Kier molecular flexibility index (Phi) is 5.09. The highest BCUT2D eigenvalue weighted by atomic mass is 16.5. The zero-order valence-electron chi connectivity index (χ0n) is 12.6. The molecule has 0 aliphatic carbocycles. The molecule has 2 aromatic rings. The Morgan fingerprint density at radius 1 is 1.00 bits per heavy atom. The Morgan fingerprint density at radius 3 is 2.05 bits per heavy atom. The molecule has 112 valence electrons. The van der Waals surface area contributed by atoms with Crippen molar-refractivity contribution in [3.05, 3.63) is 77.7 Å². The van der Waals surface area contributed by atoms with Gasteiger partial charge in [0.05, 0.1) is 7.11 Å². The highest BCUT2D eigenvalue weighted by molar-refractivity contribution is 6.27. The standard InChI is InChI=1S/C18H18N2O2/c1-13(19)16(17(21)14-9-5-3-6-10-14)18(22-2)20-15-11-7-4-8-12-15/h3-12,19-20H,1-2H3/b18-16-,19-13?. The monoisotopic (exact) mass is 294 g/mol. The molecule has 0 saturated heterocycles. The molecule has 0 aliphatic heterocycles. The van der Waals surface area contributed by atoms with Gasteiger partial charge in [0, 0.05) is 17.0 Å². The zero-order chi connectivity index (χ0) is 15.9. The van der Waals surface area contributed by atoms with Crippen LogP contribution in [0.5, 0.6) is 0 Å². The van der Waals surface area contributed by atoms with Crippen molar-refractivity contribution in [2.75, 3.05) is 12.4 Å². The third kappa shape index (κ3) is 3.61. The number of ether oxygens (including phenoxy) is 1. The van der Waals surface area contributed by atoms with Gasteiger partial charge in [0.25, 0.3) is 0 Å². The SMILES string of the molecule is CO/C(Nc1ccccc1)=C(/C(C)=N)C(=O)c1ccccc1. The summed E-state index contributed by atoms with van der Waals surface area (Å²) in [6.07, 6.45) is 0. The second kappa shape index (κ2) is 7.22. The Morgan fingerprint density at radius 2 is 1.55 bits per heavy atom. The number of hydrogen-bond acceptors (Lipinski definition) is 4. The number of allylic oxidation sites excluding steroid dienone is 1. The minimum Gasteiger partial charge on any atom is -0.482 e. The molecule has 4 nitrogen and oxygen atoms in total. The average molecular weight is 294 g/mol. The molecule has 0 unspecified atom stereocenters. The Balaban J connectivity index is 2.42. The molecule has 0 fully saturated rings. The second-order valence-electron chi connectivity index (χ2n) is 4.72. The topological polar surface area (TPSA) is 62.2 Å². The molecule has 0 heterocycles. The van der Waals surface area contributed by atoms with Gasteiger partial charge >= 0.3 is 0 Å². The van der Waals surface area contributed by atoms with Crippen LogP contribution < -0.4 is 5.32 Å². The zero-order valence-corrected chi connectivity index (χ0v) is 12.6. The van der Waals surface area contributed by atoms with Crippen molar-refractivity contribution in [1.82, 2.24) is 0 Å². The average Bonchev–Trinajstić information content (AvgIpc) is 2.55. The Hall–Kier alpha value is -2.88. The van der Waals surface area contributed by atoms with Gasteiger partial charge in [0.15, 0.2) is 5.78 Å². The summed E-state index contributed by atoms with van der Waals surface area (Å²) in [7, 11) is 1.48. The number of ketones is 1. The van der Waals surface area contributed by atoms with Crippen molar-refractivity contribution >= 4 is 17.2 Å². The third-order valence-electron chi connectivity index (χ3n) is 3.10. The molecular formula is C18H18N2O2. The lowest BCUT2D eigenvalue weighted by Crippen LogP contribution is -2.18. The number of nitrogens with one attached hydrogen (secondary N) is 2. The normalized spacial score (nSPS) is 11.4. The molecule has 0 spiro atoms. The molecule has 0 atom stereocenters. The van der Waals surface area contributed by atoms with E-state index in [4.69, 9.17) is 10.1 Å². The summed E-state index contributed by atoms with van der Waals surface area (Å²) >= 11 is 0. The maximum Gasteiger partial charge on any atom is 0.204 e. The summed E-state index contributed by atoms with van der Waals surface area (Å²) in [5.74, 6) is 0.0286. The van der Waals surface area contributed by atoms with Gasteiger partial charge in [-0.1, -0.05) is 48.5 Å². The van der Waals surface area contributed by atoms with Gasteiger partial charge in [-0.25, -0.2) is 0 Å². The van der Waals surface area contributed by atoms with E-state index in [2.05, 4.69) is 5.32 Å². The Labute approximate surface area is 129 Å². The van der Waals surface area contributed by atoms with Gasteiger partial charge < -0.3 is 15.5 Å². The van der Waals surface area contributed by atoms with Gasteiger partial charge in [-0.3, -0.25) is 4.79 Å². The number of methoxy groups -OCH3 is 1. The van der Waals surface area contributed by atoms with Crippen LogP contribution in [-0.4, -0.2) is 18.6 Å². The molecule has 22 heavy (non-hydrogen) atoms. The molecule has 2 aromatic carbocycles. The summed E-state index contributed by atoms with van der Waals surface area (Å²) < 4.78 is 5.33. The first kappa shape index (κ1) is 15.5. The number of rotatable bonds is 6. The minimum atomic E-state index is -0.242. The molecule has 2 rings (SSSR count). The van der Waals surface area contributed by atoms with Gasteiger partial charge in [-0.05, 0) is 19.1 Å². The smallest absolute Gasteiger partial charge is 0.204 e. The first-order valence-electron chi connectivity index (χ1n) is 6.89. The van der Waals surface area contributed by atoms with Crippen LogP contribution in [0.4, 0.5) is 5.69 Å². The van der Waals surface area contributed by atoms with E-state index >= 15 is 0 Å². The van der Waals surface area contributed by atoms with Crippen molar-refractivity contribution in [3.63, 3.8) is 0 Å². The molecule has 0 aromatic heterocycles. The van der Waals surface area contributed by atoms with Crippen LogP contribution in [0.1, 0.15) is 17.3 Å². The van der Waals surface area contributed by atoms with Gasteiger partial charge in [0.2, 0.25) is 5.88 Å². The van der Waals surface area contributed by atoms with Crippen LogP contribution in [0.3, 0.4) is 0 Å². The summed E-state index contributed by atoms with van der Waals surface area (Å²) in [6, 6.07) is 18.3. The van der Waals surface area contributed by atoms with Crippen molar-refractivity contribution in [2.45, 2.75) is 6.92 Å². The molecule has 2 N–H and O–H groups in total. The summed E-state index contributed by atoms with van der Waals surface area (Å²) in [6.45, 7) is 1.57. The van der Waals surface area contributed by atoms with E-state index in [9.17, 15) is 4.79 Å². The lowest BCUT2D eigenvalue weighted by Gasteiger charge is -2.15. The van der Waals surface area contributed by atoms with E-state index in [0.29, 0.717) is 5.56 Å². The number of anilines is 1. The summed E-state index contributed by atoms with van der Waals surface area (Å²) in [5.41, 5.74) is 1.68. The highest BCUT2D eigenvalue weighted by Crippen LogP contribution is 2.17. The van der Waals surface area contributed by atoms with Gasteiger partial charge in [0.1, 0.15) is 5.57 Å². The predicted octanol–water partition coefficient (Wildman–Crippen LogP) is 3.88. The van der Waals surface area contributed by atoms with Crippen molar-refractivity contribution in [3.8, 4) is 0 Å². The molecule has 4 heteroatoms. The Bertz CT molecular complexity index is 692. The van der Waals surface area contributed by atoms with Crippen molar-refractivity contribution in [1.29, 1.82) is 5.41 Å². The lowest BCUT2D eigenvalue weighted by molar-refractivity contribution is 0.103. The maximum atomic E-state index is 12.7.